The Morgan fingerprint density at radius 2 is 1.65 bits per heavy atom. The van der Waals surface area contributed by atoms with E-state index in [0.29, 0.717) is 16.9 Å². The first-order valence-electron chi connectivity index (χ1n) is 16.6. The van der Waals surface area contributed by atoms with E-state index in [1.54, 1.807) is 5.57 Å². The van der Waals surface area contributed by atoms with Crippen molar-refractivity contribution in [1.82, 2.24) is 0 Å². The SMILES string of the molecule is C=C.CC(C)CCCC(C)C1CCC2C3CC=C4CC(OCCc5cc(N)cc(N)c5)CCC4(C)C3CCC12C. The lowest BCUT2D eigenvalue weighted by atomic mass is 9.47. The molecule has 0 heterocycles. The number of nitrogen functional groups attached to an aromatic ring is 2. The van der Waals surface area contributed by atoms with E-state index in [9.17, 15) is 0 Å². The molecule has 8 atom stereocenters. The summed E-state index contributed by atoms with van der Waals surface area (Å²) in [5.74, 6) is 5.40. The van der Waals surface area contributed by atoms with Crippen molar-refractivity contribution in [3.05, 3.63) is 48.6 Å². The summed E-state index contributed by atoms with van der Waals surface area (Å²) >= 11 is 0. The van der Waals surface area contributed by atoms with Gasteiger partial charge in [0.1, 0.15) is 0 Å². The number of benzene rings is 1. The van der Waals surface area contributed by atoms with Crippen LogP contribution < -0.4 is 11.5 Å². The molecular formula is C37H60N2O. The van der Waals surface area contributed by atoms with Crippen molar-refractivity contribution in [1.29, 1.82) is 0 Å². The fraction of sp³-hybridized carbons (Fsp3) is 0.730. The second-order valence-electron chi connectivity index (χ2n) is 14.8. The third-order valence-corrected chi connectivity index (χ3v) is 12.0. The van der Waals surface area contributed by atoms with Crippen LogP contribution in [0.5, 0.6) is 0 Å². The van der Waals surface area contributed by atoms with Gasteiger partial charge < -0.3 is 16.2 Å². The molecule has 8 unspecified atom stereocenters. The van der Waals surface area contributed by atoms with Crippen LogP contribution >= 0.6 is 0 Å². The molecule has 0 saturated heterocycles. The fourth-order valence-electron chi connectivity index (χ4n) is 10.0. The lowest BCUT2D eigenvalue weighted by Crippen LogP contribution is -2.51. The Bertz CT molecular complexity index is 995. The van der Waals surface area contributed by atoms with Gasteiger partial charge in [-0.3, -0.25) is 0 Å². The van der Waals surface area contributed by atoms with Crippen LogP contribution in [-0.4, -0.2) is 12.7 Å². The first-order valence-corrected chi connectivity index (χ1v) is 16.6. The Balaban J connectivity index is 0.00000181. The predicted molar refractivity (Wildman–Crippen MR) is 173 cm³/mol. The molecule has 0 amide bonds. The second-order valence-corrected chi connectivity index (χ2v) is 14.8. The van der Waals surface area contributed by atoms with Crippen LogP contribution in [-0.2, 0) is 11.2 Å². The number of nitrogens with two attached hydrogens (primary N) is 2. The third-order valence-electron chi connectivity index (χ3n) is 12.0. The molecule has 0 spiro atoms. The number of hydrogen-bond acceptors (Lipinski definition) is 3. The molecule has 0 aliphatic heterocycles. The Labute approximate surface area is 246 Å². The topological polar surface area (TPSA) is 61.3 Å². The Kier molecular flexibility index (Phi) is 10.2. The number of ether oxygens (including phenoxy) is 1. The molecule has 3 saturated carbocycles. The molecule has 5 rings (SSSR count). The van der Waals surface area contributed by atoms with Crippen LogP contribution in [0.3, 0.4) is 0 Å². The monoisotopic (exact) mass is 548 g/mol. The summed E-state index contributed by atoms with van der Waals surface area (Å²) in [5.41, 5.74) is 17.3. The quantitative estimate of drug-likeness (QED) is 0.238. The van der Waals surface area contributed by atoms with E-state index in [0.717, 1.165) is 66.3 Å². The van der Waals surface area contributed by atoms with Crippen LogP contribution in [0.15, 0.2) is 43.0 Å². The minimum atomic E-state index is 0.362. The average Bonchev–Trinajstić information content (AvgIpc) is 3.26. The van der Waals surface area contributed by atoms with Gasteiger partial charge in [0, 0.05) is 11.4 Å². The molecule has 0 radical (unpaired) electrons. The smallest absolute Gasteiger partial charge is 0.0612 e. The zero-order valence-corrected chi connectivity index (χ0v) is 26.5. The summed E-state index contributed by atoms with van der Waals surface area (Å²) in [6.07, 6.45) is 19.0. The van der Waals surface area contributed by atoms with Gasteiger partial charge in [0.05, 0.1) is 12.7 Å². The normalized spacial score (nSPS) is 35.5. The zero-order valence-electron chi connectivity index (χ0n) is 26.5. The Morgan fingerprint density at radius 3 is 2.35 bits per heavy atom. The number of fused-ring (bicyclic) bond motifs is 5. The highest BCUT2D eigenvalue weighted by Gasteiger charge is 2.59. The predicted octanol–water partition coefficient (Wildman–Crippen LogP) is 9.62. The standard InChI is InChI=1S/C35H56N2O.C2H4/c1-23(2)7-6-8-24(3)31-11-12-32-30-10-9-26-21-29(38-18-15-25-19-27(36)22-28(37)20-25)13-16-34(26,4)33(30)14-17-35(31,32)5;1-2/h9,19-20,22-24,29-33H,6-8,10-18,21,36-37H2,1-5H3;1-2H2. The van der Waals surface area contributed by atoms with Gasteiger partial charge in [-0.25, -0.2) is 0 Å². The van der Waals surface area contributed by atoms with Crippen molar-refractivity contribution in [2.24, 2.45) is 46.3 Å². The molecule has 4 aliphatic rings. The summed E-state index contributed by atoms with van der Waals surface area (Å²) < 4.78 is 6.45. The number of rotatable bonds is 9. The van der Waals surface area contributed by atoms with Crippen molar-refractivity contribution in [2.75, 3.05) is 18.1 Å². The maximum Gasteiger partial charge on any atom is 0.0612 e. The van der Waals surface area contributed by atoms with Crippen LogP contribution in [0.2, 0.25) is 0 Å². The van der Waals surface area contributed by atoms with E-state index >= 15 is 0 Å². The molecule has 0 bridgehead atoms. The second kappa shape index (κ2) is 13.1. The number of allylic oxidation sites excluding steroid dienone is 1. The van der Waals surface area contributed by atoms with E-state index in [1.165, 1.54) is 69.8 Å². The van der Waals surface area contributed by atoms with Crippen molar-refractivity contribution < 1.29 is 4.74 Å². The highest BCUT2D eigenvalue weighted by Crippen LogP contribution is 2.67. The van der Waals surface area contributed by atoms with Crippen molar-refractivity contribution in [3.63, 3.8) is 0 Å². The molecule has 4 N–H and O–H groups in total. The van der Waals surface area contributed by atoms with Crippen LogP contribution in [0.4, 0.5) is 11.4 Å². The Hall–Kier alpha value is -1.74. The molecule has 3 nitrogen and oxygen atoms in total. The molecular weight excluding hydrogens is 488 g/mol. The first-order chi connectivity index (χ1) is 19.1. The third kappa shape index (κ3) is 6.35. The van der Waals surface area contributed by atoms with Crippen molar-refractivity contribution in [2.45, 2.75) is 118 Å². The summed E-state index contributed by atoms with van der Waals surface area (Å²) in [5, 5.41) is 0. The minimum Gasteiger partial charge on any atom is -0.399 e. The van der Waals surface area contributed by atoms with Crippen molar-refractivity contribution in [3.8, 4) is 0 Å². The summed E-state index contributed by atoms with van der Waals surface area (Å²) in [6, 6.07) is 5.87. The maximum atomic E-state index is 6.45. The van der Waals surface area contributed by atoms with Crippen LogP contribution in [0.25, 0.3) is 0 Å². The van der Waals surface area contributed by atoms with Gasteiger partial charge >= 0.3 is 0 Å². The van der Waals surface area contributed by atoms with Gasteiger partial charge in [0.25, 0.3) is 0 Å². The van der Waals surface area contributed by atoms with Crippen LogP contribution in [0.1, 0.15) is 111 Å². The molecule has 0 aromatic heterocycles. The molecule has 224 valence electrons. The summed E-state index contributed by atoms with van der Waals surface area (Å²) in [6.45, 7) is 19.4. The van der Waals surface area contributed by atoms with Crippen LogP contribution in [0, 0.1) is 46.3 Å². The molecule has 4 aliphatic carbocycles. The molecule has 1 aromatic rings. The average molecular weight is 549 g/mol. The summed E-state index contributed by atoms with van der Waals surface area (Å²) in [7, 11) is 0. The number of anilines is 2. The highest BCUT2D eigenvalue weighted by molar-refractivity contribution is 5.54. The van der Waals surface area contributed by atoms with E-state index < -0.39 is 0 Å². The summed E-state index contributed by atoms with van der Waals surface area (Å²) in [4.78, 5) is 0. The molecule has 3 fully saturated rings. The fourth-order valence-corrected chi connectivity index (χ4v) is 10.0. The van der Waals surface area contributed by atoms with Gasteiger partial charge in [-0.15, -0.1) is 13.2 Å². The van der Waals surface area contributed by atoms with E-state index in [-0.39, 0.29) is 0 Å². The lowest BCUT2D eigenvalue weighted by Gasteiger charge is -2.58. The first kappa shape index (κ1) is 31.2. The zero-order chi connectivity index (χ0) is 29.1. The van der Waals surface area contributed by atoms with Gasteiger partial charge in [-0.1, -0.05) is 65.5 Å². The van der Waals surface area contributed by atoms with Gasteiger partial charge in [-0.2, -0.15) is 0 Å². The minimum absolute atomic E-state index is 0.362. The van der Waals surface area contributed by atoms with E-state index in [2.05, 4.69) is 53.9 Å². The highest BCUT2D eigenvalue weighted by atomic mass is 16.5. The van der Waals surface area contributed by atoms with Gasteiger partial charge in [0.15, 0.2) is 0 Å². The number of hydrogen-bond donors (Lipinski definition) is 2. The van der Waals surface area contributed by atoms with Gasteiger partial charge in [0.2, 0.25) is 0 Å². The largest absolute Gasteiger partial charge is 0.399 e. The molecule has 1 aromatic carbocycles. The van der Waals surface area contributed by atoms with E-state index in [1.807, 2.05) is 18.2 Å². The van der Waals surface area contributed by atoms with Gasteiger partial charge in [-0.05, 0) is 128 Å². The Morgan fingerprint density at radius 1 is 0.925 bits per heavy atom. The molecule has 40 heavy (non-hydrogen) atoms. The van der Waals surface area contributed by atoms with Crippen molar-refractivity contribution >= 4 is 11.4 Å². The lowest BCUT2D eigenvalue weighted by molar-refractivity contribution is -0.0637. The van der Waals surface area contributed by atoms with E-state index in [4.69, 9.17) is 16.2 Å². The molecule has 3 heteroatoms. The maximum absolute atomic E-state index is 6.45.